The third-order valence-electron chi connectivity index (χ3n) is 4.96. The van der Waals surface area contributed by atoms with E-state index in [1.165, 1.54) is 0 Å². The number of pyridine rings is 2. The van der Waals surface area contributed by atoms with Gasteiger partial charge in [0, 0.05) is 42.0 Å². The molecule has 0 fully saturated rings. The van der Waals surface area contributed by atoms with E-state index in [0.717, 1.165) is 28.2 Å². The van der Waals surface area contributed by atoms with Gasteiger partial charge in [0.2, 0.25) is 0 Å². The Labute approximate surface area is 200 Å². The molecule has 0 spiro atoms. The van der Waals surface area contributed by atoms with Gasteiger partial charge in [-0.3, -0.25) is 19.1 Å². The van der Waals surface area contributed by atoms with Crippen molar-refractivity contribution < 1.29 is 23.5 Å². The van der Waals surface area contributed by atoms with Gasteiger partial charge in [0.1, 0.15) is 0 Å². The average molecular weight is 497 g/mol. The lowest BCUT2D eigenvalue weighted by atomic mass is 10.1. The summed E-state index contributed by atoms with van der Waals surface area (Å²) in [6.07, 6.45) is 15.0. The Bertz CT molecular complexity index is 1230. The Morgan fingerprint density at radius 1 is 1.18 bits per heavy atom. The van der Waals surface area contributed by atoms with E-state index < -0.39 is 7.60 Å². The minimum Gasteiger partial charge on any atom is -0.324 e. The van der Waals surface area contributed by atoms with Crippen LogP contribution in [0, 0.1) is 0 Å². The van der Waals surface area contributed by atoms with Gasteiger partial charge in [-0.1, -0.05) is 12.2 Å². The number of aryl methyl sites for hydroxylation is 1. The van der Waals surface area contributed by atoms with Crippen LogP contribution in [0.5, 0.6) is 0 Å². The predicted octanol–water partition coefficient (Wildman–Crippen LogP) is 4.33. The van der Waals surface area contributed by atoms with Crippen molar-refractivity contribution in [3.8, 4) is 16.9 Å². The molecule has 0 amide bonds. The normalized spacial score (nSPS) is 12.9. The molecule has 0 bridgehead atoms. The van der Waals surface area contributed by atoms with Crippen molar-refractivity contribution in [2.45, 2.75) is 13.5 Å². The zero-order chi connectivity index (χ0) is 24.4. The van der Waals surface area contributed by atoms with Gasteiger partial charge >= 0.3 is 7.60 Å². The highest BCUT2D eigenvalue weighted by Gasteiger charge is 2.15. The van der Waals surface area contributed by atoms with Crippen LogP contribution in [-0.4, -0.2) is 44.4 Å². The maximum absolute atomic E-state index is 11.0. The second-order valence-electron chi connectivity index (χ2n) is 7.39. The van der Waals surface area contributed by atoms with Gasteiger partial charge in [-0.2, -0.15) is 0 Å². The number of aliphatic imine (C=N–C) groups is 1. The molecule has 0 radical (unpaired) electrons. The molecular weight excluding hydrogens is 470 g/mol. The van der Waals surface area contributed by atoms with Crippen molar-refractivity contribution in [2.24, 2.45) is 4.99 Å². The monoisotopic (exact) mass is 497 g/mol. The molecule has 0 unspecified atom stereocenters. The van der Waals surface area contributed by atoms with E-state index in [1.54, 1.807) is 18.6 Å². The molecule has 10 heteroatoms. The fourth-order valence-corrected chi connectivity index (χ4v) is 4.08. The van der Waals surface area contributed by atoms with Crippen LogP contribution >= 0.6 is 16.1 Å². The minimum atomic E-state index is -4.07. The van der Waals surface area contributed by atoms with Crippen molar-refractivity contribution in [2.75, 3.05) is 18.9 Å². The average Bonchev–Trinajstić information content (AvgIpc) is 3.27. The SMILES string of the molecule is C/C=C\C(=C/C=NCCP(=O)(O)O)c1ccc(-c2cc[n+](CCP=O)cc2)n1-c1ccncc1. The number of hydrogen-bond acceptors (Lipinski definition) is 4. The second-order valence-corrected chi connectivity index (χ2v) is 9.87. The molecule has 0 saturated carbocycles. The Morgan fingerprint density at radius 3 is 2.56 bits per heavy atom. The summed E-state index contributed by atoms with van der Waals surface area (Å²) in [6, 6.07) is 12.0. The summed E-state index contributed by atoms with van der Waals surface area (Å²) in [5.74, 6) is 0. The van der Waals surface area contributed by atoms with Gasteiger partial charge in [0.05, 0.1) is 30.3 Å². The molecule has 176 valence electrons. The summed E-state index contributed by atoms with van der Waals surface area (Å²) < 4.78 is 25.9. The zero-order valence-corrected chi connectivity index (χ0v) is 20.6. The molecular formula is C24H27N4O4P2+. The van der Waals surface area contributed by atoms with Crippen LogP contribution in [0.3, 0.4) is 0 Å². The van der Waals surface area contributed by atoms with Crippen molar-refractivity contribution in [3.63, 3.8) is 0 Å². The molecule has 0 aromatic carbocycles. The van der Waals surface area contributed by atoms with E-state index in [4.69, 9.17) is 9.79 Å². The van der Waals surface area contributed by atoms with Crippen LogP contribution in [-0.2, 0) is 15.7 Å². The molecule has 3 rings (SSSR count). The van der Waals surface area contributed by atoms with Gasteiger partial charge in [-0.25, -0.2) is 4.57 Å². The van der Waals surface area contributed by atoms with E-state index in [9.17, 15) is 9.13 Å². The second kappa shape index (κ2) is 12.4. The quantitative estimate of drug-likeness (QED) is 0.177. The lowest BCUT2D eigenvalue weighted by Gasteiger charge is -2.14. The lowest BCUT2D eigenvalue weighted by Crippen LogP contribution is -2.33. The zero-order valence-electron chi connectivity index (χ0n) is 18.8. The molecule has 3 heterocycles. The largest absolute Gasteiger partial charge is 0.327 e. The molecule has 3 aromatic heterocycles. The first kappa shape index (κ1) is 25.6. The smallest absolute Gasteiger partial charge is 0.324 e. The fraction of sp³-hybridized carbons (Fsp3) is 0.208. The summed E-state index contributed by atoms with van der Waals surface area (Å²) in [5.41, 5.74) is 4.78. The molecule has 2 N–H and O–H groups in total. The fourth-order valence-electron chi connectivity index (χ4n) is 3.39. The van der Waals surface area contributed by atoms with E-state index in [1.807, 2.05) is 78.5 Å². The maximum Gasteiger partial charge on any atom is 0.327 e. The lowest BCUT2D eigenvalue weighted by molar-refractivity contribution is -0.692. The molecule has 0 aliphatic carbocycles. The Kier molecular flexibility index (Phi) is 9.37. The third-order valence-corrected chi connectivity index (χ3v) is 6.13. The maximum atomic E-state index is 11.0. The molecule has 0 atom stereocenters. The highest BCUT2D eigenvalue weighted by atomic mass is 31.2. The van der Waals surface area contributed by atoms with Crippen molar-refractivity contribution in [1.82, 2.24) is 9.55 Å². The molecule has 0 aliphatic rings. The highest BCUT2D eigenvalue weighted by molar-refractivity contribution is 7.51. The van der Waals surface area contributed by atoms with E-state index in [2.05, 4.69) is 14.5 Å². The van der Waals surface area contributed by atoms with E-state index in [0.29, 0.717) is 12.7 Å². The number of rotatable bonds is 11. The van der Waals surface area contributed by atoms with Crippen molar-refractivity contribution in [3.05, 3.63) is 85.1 Å². The summed E-state index contributed by atoms with van der Waals surface area (Å²) in [5, 5.41) is 0. The molecule has 34 heavy (non-hydrogen) atoms. The Morgan fingerprint density at radius 2 is 1.91 bits per heavy atom. The van der Waals surface area contributed by atoms with Gasteiger partial charge in [0.25, 0.3) is 0 Å². The van der Waals surface area contributed by atoms with Crippen LogP contribution in [0.15, 0.2) is 84.4 Å². The first-order valence-electron chi connectivity index (χ1n) is 10.7. The number of nitrogens with zero attached hydrogens (tertiary/aromatic N) is 4. The number of allylic oxidation sites excluding steroid dienone is 4. The van der Waals surface area contributed by atoms with Crippen LogP contribution in [0.1, 0.15) is 12.6 Å². The molecule has 0 aliphatic heterocycles. The number of hydrogen-bond donors (Lipinski definition) is 2. The predicted molar refractivity (Wildman–Crippen MR) is 135 cm³/mol. The Hall–Kier alpha value is -3.02. The van der Waals surface area contributed by atoms with E-state index >= 15 is 0 Å². The van der Waals surface area contributed by atoms with Gasteiger partial charge in [0.15, 0.2) is 27.4 Å². The first-order valence-corrected chi connectivity index (χ1v) is 13.5. The first-order chi connectivity index (χ1) is 16.4. The molecule has 3 aromatic rings. The topological polar surface area (TPSA) is 109 Å². The summed E-state index contributed by atoms with van der Waals surface area (Å²) in [7, 11) is -3.93. The summed E-state index contributed by atoms with van der Waals surface area (Å²) in [6.45, 7) is 2.66. The summed E-state index contributed by atoms with van der Waals surface area (Å²) in [4.78, 5) is 26.3. The molecule has 8 nitrogen and oxygen atoms in total. The van der Waals surface area contributed by atoms with Crippen molar-refractivity contribution in [1.29, 1.82) is 0 Å². The minimum absolute atomic E-state index is 0.0520. The van der Waals surface area contributed by atoms with Gasteiger partial charge in [-0.15, -0.1) is 0 Å². The van der Waals surface area contributed by atoms with E-state index in [-0.39, 0.29) is 21.2 Å². The molecule has 0 saturated heterocycles. The Balaban J connectivity index is 2.02. The van der Waals surface area contributed by atoms with Gasteiger partial charge < -0.3 is 14.4 Å². The van der Waals surface area contributed by atoms with Crippen LogP contribution in [0.25, 0.3) is 22.5 Å². The number of aromatic nitrogens is 3. The highest BCUT2D eigenvalue weighted by Crippen LogP contribution is 2.33. The standard InChI is InChI=1S/C24H26N4O4P2/c1-2-3-20(6-11-26-14-19-34(30,31)32)23-4-5-24(28(23)22-7-12-25-13-8-22)21-9-15-27(16-10-21)17-18-33-29/h2-13,15-16H,14,17-19H2,1H3,(H-,30,31,32)/p+1/b3-2-,20-6+,26-11?. The van der Waals surface area contributed by atoms with Crippen LogP contribution in [0.4, 0.5) is 0 Å². The third kappa shape index (κ3) is 7.24. The van der Waals surface area contributed by atoms with Gasteiger partial charge in [-0.05, 0) is 42.8 Å². The van der Waals surface area contributed by atoms with Crippen LogP contribution < -0.4 is 4.57 Å². The summed E-state index contributed by atoms with van der Waals surface area (Å²) >= 11 is 0. The van der Waals surface area contributed by atoms with Crippen LogP contribution in [0.2, 0.25) is 0 Å². The van der Waals surface area contributed by atoms with Crippen molar-refractivity contribution >= 4 is 27.8 Å².